The summed E-state index contributed by atoms with van der Waals surface area (Å²) in [6, 6.07) is 11.1. The zero-order valence-electron chi connectivity index (χ0n) is 18.8. The molecule has 0 radical (unpaired) electrons. The standard InChI is InChI=1S/C23H26N8O3/c1-30-22(33)19-21(31(23(30)34)15-16-4-2-9-25-14-16)29-28-20(27-19)17-5-7-18(8-6-17)26-11-3-10-24-12-13-32/h2,4-9,14,24,26,32H,3,10-13,15H2,1H3. The lowest BCUT2D eigenvalue weighted by Gasteiger charge is -2.11. The number of fused-ring (bicyclic) bond motifs is 1. The fraction of sp³-hybridized carbons (Fsp3) is 0.304. The quantitative estimate of drug-likeness (QED) is 0.285. The molecule has 4 rings (SSSR count). The summed E-state index contributed by atoms with van der Waals surface area (Å²) >= 11 is 0. The van der Waals surface area contributed by atoms with Gasteiger partial charge in [-0.15, -0.1) is 10.2 Å². The van der Waals surface area contributed by atoms with Crippen molar-refractivity contribution in [2.24, 2.45) is 7.05 Å². The topological polar surface area (TPSA) is 140 Å². The lowest BCUT2D eigenvalue weighted by atomic mass is 10.2. The van der Waals surface area contributed by atoms with E-state index in [0.29, 0.717) is 17.9 Å². The van der Waals surface area contributed by atoms with Crippen molar-refractivity contribution in [2.75, 3.05) is 31.6 Å². The van der Waals surface area contributed by atoms with E-state index in [2.05, 4.69) is 30.8 Å². The van der Waals surface area contributed by atoms with Crippen LogP contribution in [0.3, 0.4) is 0 Å². The van der Waals surface area contributed by atoms with Crippen LogP contribution in [0.5, 0.6) is 0 Å². The summed E-state index contributed by atoms with van der Waals surface area (Å²) in [6.45, 7) is 2.54. The zero-order chi connectivity index (χ0) is 23.9. The van der Waals surface area contributed by atoms with Gasteiger partial charge in [-0.1, -0.05) is 6.07 Å². The Kier molecular flexibility index (Phi) is 7.35. The van der Waals surface area contributed by atoms with E-state index >= 15 is 0 Å². The summed E-state index contributed by atoms with van der Waals surface area (Å²) in [6.07, 6.45) is 4.22. The van der Waals surface area contributed by atoms with E-state index in [4.69, 9.17) is 5.11 Å². The predicted molar refractivity (Wildman–Crippen MR) is 129 cm³/mol. The first-order valence-electron chi connectivity index (χ1n) is 11.0. The van der Waals surface area contributed by atoms with Crippen LogP contribution in [0.2, 0.25) is 0 Å². The molecule has 0 amide bonds. The number of hydrogen-bond donors (Lipinski definition) is 3. The number of pyridine rings is 1. The average Bonchev–Trinajstić information content (AvgIpc) is 2.88. The molecule has 0 aliphatic rings. The normalized spacial score (nSPS) is 11.1. The molecule has 0 unspecified atom stereocenters. The molecule has 0 saturated heterocycles. The molecule has 0 fully saturated rings. The number of nitrogens with one attached hydrogen (secondary N) is 2. The van der Waals surface area contributed by atoms with Crippen LogP contribution >= 0.6 is 0 Å². The average molecular weight is 463 g/mol. The van der Waals surface area contributed by atoms with E-state index < -0.39 is 11.2 Å². The van der Waals surface area contributed by atoms with Crippen LogP contribution < -0.4 is 21.9 Å². The van der Waals surface area contributed by atoms with Crippen LogP contribution in [-0.2, 0) is 13.6 Å². The van der Waals surface area contributed by atoms with Crippen molar-refractivity contribution in [1.82, 2.24) is 34.6 Å². The van der Waals surface area contributed by atoms with Crippen LogP contribution in [0.1, 0.15) is 12.0 Å². The molecule has 0 aliphatic carbocycles. The molecule has 0 bridgehead atoms. The predicted octanol–water partition coefficient (Wildman–Crippen LogP) is 0.379. The minimum absolute atomic E-state index is 0.0774. The summed E-state index contributed by atoms with van der Waals surface area (Å²) in [7, 11) is 1.42. The van der Waals surface area contributed by atoms with Gasteiger partial charge in [0.15, 0.2) is 17.0 Å². The molecule has 11 nitrogen and oxygen atoms in total. The highest BCUT2D eigenvalue weighted by molar-refractivity contribution is 5.71. The SMILES string of the molecule is Cn1c(=O)c2nc(-c3ccc(NCCCNCCO)cc3)nnc2n(Cc2cccnc2)c1=O. The Morgan fingerprint density at radius 1 is 1.03 bits per heavy atom. The van der Waals surface area contributed by atoms with E-state index in [-0.39, 0.29) is 24.3 Å². The van der Waals surface area contributed by atoms with Crippen LogP contribution in [0.4, 0.5) is 5.69 Å². The molecule has 176 valence electrons. The molecular formula is C23H26N8O3. The summed E-state index contributed by atoms with van der Waals surface area (Å²) in [5, 5.41) is 23.6. The van der Waals surface area contributed by atoms with Crippen molar-refractivity contribution >= 4 is 16.9 Å². The third kappa shape index (κ3) is 5.16. The number of benzene rings is 1. The van der Waals surface area contributed by atoms with Gasteiger partial charge >= 0.3 is 5.69 Å². The van der Waals surface area contributed by atoms with Gasteiger partial charge in [0.05, 0.1) is 13.2 Å². The highest BCUT2D eigenvalue weighted by atomic mass is 16.3. The smallest absolute Gasteiger partial charge is 0.332 e. The Hall–Kier alpha value is -3.96. The molecule has 3 N–H and O–H groups in total. The molecule has 34 heavy (non-hydrogen) atoms. The highest BCUT2D eigenvalue weighted by Gasteiger charge is 2.16. The van der Waals surface area contributed by atoms with Gasteiger partial charge in [0.25, 0.3) is 5.56 Å². The third-order valence-electron chi connectivity index (χ3n) is 5.30. The van der Waals surface area contributed by atoms with E-state index in [0.717, 1.165) is 35.3 Å². The second-order valence-corrected chi connectivity index (χ2v) is 7.73. The Labute approximate surface area is 195 Å². The van der Waals surface area contributed by atoms with E-state index in [9.17, 15) is 9.59 Å². The van der Waals surface area contributed by atoms with E-state index in [1.807, 2.05) is 30.3 Å². The summed E-state index contributed by atoms with van der Waals surface area (Å²) < 4.78 is 2.40. The number of aliphatic hydroxyl groups is 1. The first-order chi connectivity index (χ1) is 16.6. The van der Waals surface area contributed by atoms with Crippen LogP contribution in [-0.4, -0.2) is 60.6 Å². The van der Waals surface area contributed by atoms with Crippen molar-refractivity contribution in [3.8, 4) is 11.4 Å². The van der Waals surface area contributed by atoms with Crippen molar-refractivity contribution in [3.05, 3.63) is 75.2 Å². The fourth-order valence-electron chi connectivity index (χ4n) is 3.49. The van der Waals surface area contributed by atoms with Gasteiger partial charge in [-0.25, -0.2) is 9.78 Å². The van der Waals surface area contributed by atoms with Crippen molar-refractivity contribution < 1.29 is 5.11 Å². The molecule has 4 aromatic rings. The number of aromatic nitrogens is 6. The molecule has 3 aromatic heterocycles. The highest BCUT2D eigenvalue weighted by Crippen LogP contribution is 2.18. The van der Waals surface area contributed by atoms with Gasteiger partial charge in [0.2, 0.25) is 0 Å². The van der Waals surface area contributed by atoms with Crippen molar-refractivity contribution in [2.45, 2.75) is 13.0 Å². The second kappa shape index (κ2) is 10.8. The second-order valence-electron chi connectivity index (χ2n) is 7.73. The third-order valence-corrected chi connectivity index (χ3v) is 5.30. The van der Waals surface area contributed by atoms with Gasteiger partial charge in [-0.3, -0.25) is 18.9 Å². The van der Waals surface area contributed by atoms with Gasteiger partial charge < -0.3 is 15.7 Å². The lowest BCUT2D eigenvalue weighted by molar-refractivity contribution is 0.292. The fourth-order valence-corrected chi connectivity index (χ4v) is 3.49. The number of rotatable bonds is 10. The molecule has 0 aliphatic heterocycles. The van der Waals surface area contributed by atoms with Gasteiger partial charge in [0, 0.05) is 43.8 Å². The maximum absolute atomic E-state index is 12.8. The summed E-state index contributed by atoms with van der Waals surface area (Å²) in [4.78, 5) is 34.1. The Bertz CT molecular complexity index is 1370. The van der Waals surface area contributed by atoms with Crippen molar-refractivity contribution in [3.63, 3.8) is 0 Å². The number of hydrogen-bond acceptors (Lipinski definition) is 9. The molecular weight excluding hydrogens is 436 g/mol. The van der Waals surface area contributed by atoms with Gasteiger partial charge in [-0.2, -0.15) is 0 Å². The molecule has 1 aromatic carbocycles. The summed E-state index contributed by atoms with van der Waals surface area (Å²) in [5.74, 6) is 0.302. The van der Waals surface area contributed by atoms with Crippen LogP contribution in [0, 0.1) is 0 Å². The molecule has 0 saturated carbocycles. The maximum Gasteiger partial charge on any atom is 0.332 e. The first-order valence-corrected chi connectivity index (χ1v) is 11.0. The minimum atomic E-state index is -0.522. The minimum Gasteiger partial charge on any atom is -0.395 e. The Morgan fingerprint density at radius 3 is 2.59 bits per heavy atom. The van der Waals surface area contributed by atoms with Crippen LogP contribution in [0.15, 0.2) is 58.4 Å². The van der Waals surface area contributed by atoms with Gasteiger partial charge in [-0.05, 0) is 48.9 Å². The molecule has 3 heterocycles. The molecule has 0 spiro atoms. The molecule has 11 heteroatoms. The monoisotopic (exact) mass is 462 g/mol. The van der Waals surface area contributed by atoms with Gasteiger partial charge in [0.1, 0.15) is 0 Å². The van der Waals surface area contributed by atoms with Crippen LogP contribution in [0.25, 0.3) is 22.6 Å². The van der Waals surface area contributed by atoms with E-state index in [1.165, 1.54) is 11.6 Å². The zero-order valence-corrected chi connectivity index (χ0v) is 18.8. The number of anilines is 1. The molecule has 0 atom stereocenters. The first kappa shape index (κ1) is 23.2. The number of aliphatic hydroxyl groups excluding tert-OH is 1. The summed E-state index contributed by atoms with van der Waals surface area (Å²) in [5.41, 5.74) is 1.64. The lowest BCUT2D eigenvalue weighted by Crippen LogP contribution is -2.39. The Morgan fingerprint density at radius 2 is 1.85 bits per heavy atom. The van der Waals surface area contributed by atoms with Crippen molar-refractivity contribution in [1.29, 1.82) is 0 Å². The number of nitrogens with zero attached hydrogens (tertiary/aromatic N) is 6. The largest absolute Gasteiger partial charge is 0.395 e. The van der Waals surface area contributed by atoms with E-state index in [1.54, 1.807) is 18.5 Å². The maximum atomic E-state index is 12.8. The Balaban J connectivity index is 1.57.